The van der Waals surface area contributed by atoms with Gasteiger partial charge in [0, 0.05) is 12.5 Å². The van der Waals surface area contributed by atoms with Crippen molar-refractivity contribution in [1.82, 2.24) is 0 Å². The average molecular weight is 220 g/mol. The minimum Gasteiger partial charge on any atom is -0.465 e. The number of benzene rings is 1. The number of esters is 1. The molecule has 1 aliphatic rings. The SMILES string of the molecule is CCOC(=O)C1(c2ccccc2)CC1CO. The van der Waals surface area contributed by atoms with Gasteiger partial charge in [-0.2, -0.15) is 0 Å². The van der Waals surface area contributed by atoms with Gasteiger partial charge >= 0.3 is 5.97 Å². The second kappa shape index (κ2) is 4.26. The second-order valence-corrected chi connectivity index (χ2v) is 4.14. The molecule has 86 valence electrons. The van der Waals surface area contributed by atoms with Crippen LogP contribution < -0.4 is 0 Å². The van der Waals surface area contributed by atoms with E-state index in [1.807, 2.05) is 30.3 Å². The number of aliphatic hydroxyl groups is 1. The van der Waals surface area contributed by atoms with Gasteiger partial charge in [-0.15, -0.1) is 0 Å². The van der Waals surface area contributed by atoms with Crippen molar-refractivity contribution in [3.8, 4) is 0 Å². The Labute approximate surface area is 95.0 Å². The van der Waals surface area contributed by atoms with Crippen molar-refractivity contribution in [2.45, 2.75) is 18.8 Å². The fourth-order valence-electron chi connectivity index (χ4n) is 2.27. The minimum absolute atomic E-state index is 0.00829. The van der Waals surface area contributed by atoms with Crippen LogP contribution in [0.25, 0.3) is 0 Å². The van der Waals surface area contributed by atoms with Crippen LogP contribution in [-0.2, 0) is 14.9 Å². The van der Waals surface area contributed by atoms with Crippen LogP contribution in [0.5, 0.6) is 0 Å². The molecule has 0 aliphatic heterocycles. The molecule has 0 spiro atoms. The molecule has 3 nitrogen and oxygen atoms in total. The molecular formula is C13H16O3. The lowest BCUT2D eigenvalue weighted by molar-refractivity contribution is -0.146. The number of aliphatic hydroxyl groups excluding tert-OH is 1. The summed E-state index contributed by atoms with van der Waals surface area (Å²) in [6, 6.07) is 9.57. The highest BCUT2D eigenvalue weighted by Crippen LogP contribution is 2.54. The number of hydrogen-bond donors (Lipinski definition) is 1. The molecule has 0 aromatic heterocycles. The van der Waals surface area contributed by atoms with Gasteiger partial charge in [-0.1, -0.05) is 30.3 Å². The molecule has 0 bridgehead atoms. The molecule has 3 heteroatoms. The topological polar surface area (TPSA) is 46.5 Å². The smallest absolute Gasteiger partial charge is 0.316 e. The van der Waals surface area contributed by atoms with Crippen LogP contribution >= 0.6 is 0 Å². The van der Waals surface area contributed by atoms with Crippen LogP contribution in [0.3, 0.4) is 0 Å². The number of rotatable bonds is 4. The van der Waals surface area contributed by atoms with E-state index in [1.165, 1.54) is 0 Å². The molecule has 1 fully saturated rings. The summed E-state index contributed by atoms with van der Waals surface area (Å²) >= 11 is 0. The maximum Gasteiger partial charge on any atom is 0.316 e. The van der Waals surface area contributed by atoms with Crippen LogP contribution in [0.2, 0.25) is 0 Å². The third kappa shape index (κ3) is 1.61. The van der Waals surface area contributed by atoms with E-state index < -0.39 is 5.41 Å². The summed E-state index contributed by atoms with van der Waals surface area (Å²) in [6.07, 6.45) is 0.687. The molecule has 1 aliphatic carbocycles. The van der Waals surface area contributed by atoms with Crippen molar-refractivity contribution in [3.05, 3.63) is 35.9 Å². The van der Waals surface area contributed by atoms with E-state index in [1.54, 1.807) is 6.92 Å². The zero-order valence-electron chi connectivity index (χ0n) is 9.35. The van der Waals surface area contributed by atoms with Crippen LogP contribution in [0.4, 0.5) is 0 Å². The highest BCUT2D eigenvalue weighted by molar-refractivity contribution is 5.87. The average Bonchev–Trinajstić information content (AvgIpc) is 3.06. The number of carbonyl (C=O) groups excluding carboxylic acids is 1. The molecule has 1 saturated carbocycles. The highest BCUT2D eigenvalue weighted by atomic mass is 16.5. The monoisotopic (exact) mass is 220 g/mol. The summed E-state index contributed by atoms with van der Waals surface area (Å²) < 4.78 is 5.11. The minimum atomic E-state index is -0.591. The molecule has 16 heavy (non-hydrogen) atoms. The number of ether oxygens (including phenoxy) is 1. The van der Waals surface area contributed by atoms with Gasteiger partial charge in [-0.25, -0.2) is 0 Å². The first-order valence-corrected chi connectivity index (χ1v) is 5.59. The lowest BCUT2D eigenvalue weighted by Gasteiger charge is -2.15. The van der Waals surface area contributed by atoms with Gasteiger partial charge in [-0.3, -0.25) is 4.79 Å². The molecule has 2 rings (SSSR count). The molecule has 0 saturated heterocycles. The first-order chi connectivity index (χ1) is 7.75. The predicted molar refractivity (Wildman–Crippen MR) is 59.9 cm³/mol. The Kier molecular flexibility index (Phi) is 2.97. The zero-order valence-corrected chi connectivity index (χ0v) is 9.35. The van der Waals surface area contributed by atoms with Crippen LogP contribution in [0, 0.1) is 5.92 Å². The van der Waals surface area contributed by atoms with Gasteiger partial charge in [-0.05, 0) is 18.9 Å². The third-order valence-corrected chi connectivity index (χ3v) is 3.25. The summed E-state index contributed by atoms with van der Waals surface area (Å²) in [7, 11) is 0. The lowest BCUT2D eigenvalue weighted by atomic mass is 9.93. The molecule has 1 aromatic carbocycles. The van der Waals surface area contributed by atoms with Crippen molar-refractivity contribution in [3.63, 3.8) is 0 Å². The summed E-state index contributed by atoms with van der Waals surface area (Å²) in [5.74, 6) is -0.200. The summed E-state index contributed by atoms with van der Waals surface area (Å²) in [6.45, 7) is 2.21. The Morgan fingerprint density at radius 3 is 2.69 bits per heavy atom. The Bertz CT molecular complexity index is 374. The molecule has 0 radical (unpaired) electrons. The van der Waals surface area contributed by atoms with Gasteiger partial charge < -0.3 is 9.84 Å². The molecule has 1 aromatic rings. The predicted octanol–water partition coefficient (Wildman–Crippen LogP) is 1.50. The quantitative estimate of drug-likeness (QED) is 0.782. The van der Waals surface area contributed by atoms with Crippen LogP contribution in [-0.4, -0.2) is 24.3 Å². The Hall–Kier alpha value is -1.35. The molecule has 2 unspecified atom stereocenters. The second-order valence-electron chi connectivity index (χ2n) is 4.14. The van der Waals surface area contributed by atoms with E-state index in [4.69, 9.17) is 4.74 Å². The molecule has 0 heterocycles. The van der Waals surface area contributed by atoms with Gasteiger partial charge in [0.2, 0.25) is 0 Å². The first-order valence-electron chi connectivity index (χ1n) is 5.59. The van der Waals surface area contributed by atoms with E-state index in [0.29, 0.717) is 13.0 Å². The van der Waals surface area contributed by atoms with E-state index in [0.717, 1.165) is 5.56 Å². The molecule has 0 amide bonds. The van der Waals surface area contributed by atoms with Gasteiger partial charge in [0.15, 0.2) is 0 Å². The fraction of sp³-hybridized carbons (Fsp3) is 0.462. The van der Waals surface area contributed by atoms with Crippen LogP contribution in [0.15, 0.2) is 30.3 Å². The number of hydrogen-bond acceptors (Lipinski definition) is 3. The Balaban J connectivity index is 2.28. The largest absolute Gasteiger partial charge is 0.465 e. The highest BCUT2D eigenvalue weighted by Gasteiger charge is 2.61. The van der Waals surface area contributed by atoms with Crippen molar-refractivity contribution in [1.29, 1.82) is 0 Å². The van der Waals surface area contributed by atoms with Crippen molar-refractivity contribution >= 4 is 5.97 Å². The van der Waals surface area contributed by atoms with E-state index in [2.05, 4.69) is 0 Å². The molecule has 1 N–H and O–H groups in total. The van der Waals surface area contributed by atoms with E-state index >= 15 is 0 Å². The first kappa shape index (κ1) is 11.1. The van der Waals surface area contributed by atoms with Gasteiger partial charge in [0.1, 0.15) is 0 Å². The normalized spacial score (nSPS) is 27.5. The summed E-state index contributed by atoms with van der Waals surface area (Å²) in [5, 5.41) is 9.21. The van der Waals surface area contributed by atoms with Gasteiger partial charge in [0.05, 0.1) is 12.0 Å². The Morgan fingerprint density at radius 1 is 1.50 bits per heavy atom. The fourth-order valence-corrected chi connectivity index (χ4v) is 2.27. The van der Waals surface area contributed by atoms with Crippen molar-refractivity contribution in [2.75, 3.05) is 13.2 Å². The molecule has 2 atom stereocenters. The lowest BCUT2D eigenvalue weighted by Crippen LogP contribution is -2.26. The standard InChI is InChI=1S/C13H16O3/c1-2-16-12(15)13(8-11(13)9-14)10-6-4-3-5-7-10/h3-7,11,14H,2,8-9H2,1H3. The van der Waals surface area contributed by atoms with Crippen LogP contribution in [0.1, 0.15) is 18.9 Å². The summed E-state index contributed by atoms with van der Waals surface area (Å²) in [4.78, 5) is 12.0. The van der Waals surface area contributed by atoms with Crippen molar-refractivity contribution < 1.29 is 14.6 Å². The maximum absolute atomic E-state index is 12.0. The Morgan fingerprint density at radius 2 is 2.19 bits per heavy atom. The molecular weight excluding hydrogens is 204 g/mol. The van der Waals surface area contributed by atoms with E-state index in [-0.39, 0.29) is 18.5 Å². The number of carbonyl (C=O) groups is 1. The van der Waals surface area contributed by atoms with E-state index in [9.17, 15) is 9.90 Å². The zero-order chi connectivity index (χ0) is 11.6. The summed E-state index contributed by atoms with van der Waals surface area (Å²) in [5.41, 5.74) is 0.360. The third-order valence-electron chi connectivity index (χ3n) is 3.25. The van der Waals surface area contributed by atoms with Gasteiger partial charge in [0.25, 0.3) is 0 Å². The maximum atomic E-state index is 12.0. The van der Waals surface area contributed by atoms with Crippen molar-refractivity contribution in [2.24, 2.45) is 5.92 Å².